The summed E-state index contributed by atoms with van der Waals surface area (Å²) in [5.74, 6) is 0.594. The number of nitrogen functional groups attached to an aromatic ring is 1. The van der Waals surface area contributed by atoms with Gasteiger partial charge in [0.25, 0.3) is 0 Å². The number of aromatic nitrogens is 2. The van der Waals surface area contributed by atoms with Crippen LogP contribution in [0, 0.1) is 0 Å². The lowest BCUT2D eigenvalue weighted by molar-refractivity contribution is 0.188. The van der Waals surface area contributed by atoms with Crippen molar-refractivity contribution in [1.29, 1.82) is 0 Å². The van der Waals surface area contributed by atoms with E-state index in [4.69, 9.17) is 5.73 Å². The van der Waals surface area contributed by atoms with Crippen molar-refractivity contribution in [1.82, 2.24) is 14.9 Å². The van der Waals surface area contributed by atoms with Crippen molar-refractivity contribution >= 4 is 16.9 Å². The molecule has 0 aliphatic carbocycles. The summed E-state index contributed by atoms with van der Waals surface area (Å²) in [5.41, 5.74) is 9.17. The predicted octanol–water partition coefficient (Wildman–Crippen LogP) is 2.30. The van der Waals surface area contributed by atoms with Gasteiger partial charge in [-0.15, -0.1) is 0 Å². The SMILES string of the molecule is CN1CCCCC1c1c[nH]c2ccc(N)nc12. The first kappa shape index (κ1) is 10.6. The number of nitrogens with two attached hydrogens (primary N) is 1. The summed E-state index contributed by atoms with van der Waals surface area (Å²) in [7, 11) is 2.19. The van der Waals surface area contributed by atoms with E-state index in [0.717, 1.165) is 11.0 Å². The van der Waals surface area contributed by atoms with E-state index in [9.17, 15) is 0 Å². The second-order valence-electron chi connectivity index (χ2n) is 4.87. The average Bonchev–Trinajstić information content (AvgIpc) is 2.72. The lowest BCUT2D eigenvalue weighted by Crippen LogP contribution is -2.29. The van der Waals surface area contributed by atoms with Crippen molar-refractivity contribution in [2.75, 3.05) is 19.3 Å². The minimum absolute atomic E-state index is 0.479. The van der Waals surface area contributed by atoms with Gasteiger partial charge in [-0.1, -0.05) is 6.42 Å². The number of fused-ring (bicyclic) bond motifs is 1. The Balaban J connectivity index is 2.07. The van der Waals surface area contributed by atoms with E-state index in [1.165, 1.54) is 31.4 Å². The Hall–Kier alpha value is -1.55. The summed E-state index contributed by atoms with van der Waals surface area (Å²) in [6.07, 6.45) is 5.89. The van der Waals surface area contributed by atoms with E-state index in [0.29, 0.717) is 11.9 Å². The molecule has 1 atom stereocenters. The molecule has 1 saturated heterocycles. The molecule has 0 amide bonds. The van der Waals surface area contributed by atoms with Crippen LogP contribution >= 0.6 is 0 Å². The number of anilines is 1. The van der Waals surface area contributed by atoms with Crippen LogP contribution in [0.15, 0.2) is 18.3 Å². The lowest BCUT2D eigenvalue weighted by Gasteiger charge is -2.32. The Labute approximate surface area is 101 Å². The standard InChI is InChI=1S/C13H18N4/c1-17-7-3-2-4-11(17)9-8-15-10-5-6-12(14)16-13(9)10/h5-6,8,11,15H,2-4,7H2,1H3,(H2,14,16). The van der Waals surface area contributed by atoms with Gasteiger partial charge in [0.05, 0.1) is 11.0 Å². The van der Waals surface area contributed by atoms with Crippen LogP contribution in [0.4, 0.5) is 5.82 Å². The van der Waals surface area contributed by atoms with Gasteiger partial charge in [0.15, 0.2) is 0 Å². The molecule has 0 bridgehead atoms. The lowest BCUT2D eigenvalue weighted by atomic mass is 9.97. The van der Waals surface area contributed by atoms with Gasteiger partial charge in [-0.25, -0.2) is 4.98 Å². The summed E-state index contributed by atoms with van der Waals surface area (Å²) >= 11 is 0. The molecular formula is C13H18N4. The molecule has 90 valence electrons. The molecule has 0 radical (unpaired) electrons. The predicted molar refractivity (Wildman–Crippen MR) is 69.7 cm³/mol. The Kier molecular flexibility index (Phi) is 2.52. The third-order valence-electron chi connectivity index (χ3n) is 3.70. The van der Waals surface area contributed by atoms with Crippen LogP contribution < -0.4 is 5.73 Å². The fourth-order valence-corrected chi connectivity index (χ4v) is 2.76. The van der Waals surface area contributed by atoms with Crippen LogP contribution in [0.1, 0.15) is 30.9 Å². The van der Waals surface area contributed by atoms with Crippen LogP contribution in [-0.2, 0) is 0 Å². The van der Waals surface area contributed by atoms with Crippen LogP contribution in [-0.4, -0.2) is 28.5 Å². The molecule has 4 heteroatoms. The smallest absolute Gasteiger partial charge is 0.124 e. The molecule has 2 aromatic rings. The molecule has 3 N–H and O–H groups in total. The van der Waals surface area contributed by atoms with Gasteiger partial charge in [-0.2, -0.15) is 0 Å². The summed E-state index contributed by atoms with van der Waals surface area (Å²) in [6, 6.07) is 4.32. The quantitative estimate of drug-likeness (QED) is 0.790. The van der Waals surface area contributed by atoms with Crippen molar-refractivity contribution in [3.8, 4) is 0 Å². The number of hydrogen-bond donors (Lipinski definition) is 2. The van der Waals surface area contributed by atoms with Gasteiger partial charge in [0.1, 0.15) is 5.82 Å². The van der Waals surface area contributed by atoms with E-state index in [1.54, 1.807) is 0 Å². The molecule has 0 aromatic carbocycles. The molecular weight excluding hydrogens is 212 g/mol. The molecule has 3 rings (SSSR count). The average molecular weight is 230 g/mol. The maximum atomic E-state index is 5.78. The highest BCUT2D eigenvalue weighted by Crippen LogP contribution is 2.33. The zero-order valence-electron chi connectivity index (χ0n) is 10.1. The van der Waals surface area contributed by atoms with E-state index < -0.39 is 0 Å². The van der Waals surface area contributed by atoms with Crippen molar-refractivity contribution < 1.29 is 0 Å². The highest BCUT2D eigenvalue weighted by molar-refractivity contribution is 5.80. The first-order chi connectivity index (χ1) is 8.25. The fourth-order valence-electron chi connectivity index (χ4n) is 2.76. The largest absolute Gasteiger partial charge is 0.384 e. The molecule has 1 unspecified atom stereocenters. The topological polar surface area (TPSA) is 57.9 Å². The Morgan fingerprint density at radius 3 is 3.12 bits per heavy atom. The number of piperidine rings is 1. The van der Waals surface area contributed by atoms with E-state index in [1.807, 2.05) is 12.1 Å². The van der Waals surface area contributed by atoms with Gasteiger partial charge in [-0.05, 0) is 38.6 Å². The normalized spacial score (nSPS) is 22.1. The second kappa shape index (κ2) is 4.04. The third-order valence-corrected chi connectivity index (χ3v) is 3.70. The highest BCUT2D eigenvalue weighted by atomic mass is 15.1. The van der Waals surface area contributed by atoms with Crippen molar-refractivity contribution in [3.63, 3.8) is 0 Å². The van der Waals surface area contributed by atoms with Crippen LogP contribution in [0.25, 0.3) is 11.0 Å². The number of hydrogen-bond acceptors (Lipinski definition) is 3. The molecule has 0 spiro atoms. The van der Waals surface area contributed by atoms with Gasteiger partial charge in [0, 0.05) is 17.8 Å². The van der Waals surface area contributed by atoms with Crippen LogP contribution in [0.2, 0.25) is 0 Å². The number of H-pyrrole nitrogens is 1. The van der Waals surface area contributed by atoms with E-state index >= 15 is 0 Å². The minimum Gasteiger partial charge on any atom is -0.384 e. The maximum Gasteiger partial charge on any atom is 0.124 e. The van der Waals surface area contributed by atoms with Crippen molar-refractivity contribution in [2.45, 2.75) is 25.3 Å². The number of nitrogens with zero attached hydrogens (tertiary/aromatic N) is 2. The molecule has 2 aromatic heterocycles. The number of likely N-dealkylation sites (tertiary alicyclic amines) is 1. The molecule has 1 fully saturated rings. The second-order valence-corrected chi connectivity index (χ2v) is 4.87. The molecule has 17 heavy (non-hydrogen) atoms. The van der Waals surface area contributed by atoms with Crippen molar-refractivity contribution in [3.05, 3.63) is 23.9 Å². The maximum absolute atomic E-state index is 5.78. The van der Waals surface area contributed by atoms with Crippen LogP contribution in [0.5, 0.6) is 0 Å². The molecule has 0 saturated carbocycles. The Morgan fingerprint density at radius 2 is 2.29 bits per heavy atom. The van der Waals surface area contributed by atoms with Gasteiger partial charge in [-0.3, -0.25) is 4.90 Å². The fraction of sp³-hybridized carbons (Fsp3) is 0.462. The molecule has 1 aliphatic rings. The number of pyridine rings is 1. The first-order valence-electron chi connectivity index (χ1n) is 6.19. The molecule has 1 aliphatic heterocycles. The number of nitrogens with one attached hydrogen (secondary N) is 1. The number of aromatic amines is 1. The zero-order valence-corrected chi connectivity index (χ0v) is 10.1. The van der Waals surface area contributed by atoms with Gasteiger partial charge in [0.2, 0.25) is 0 Å². The first-order valence-corrected chi connectivity index (χ1v) is 6.19. The summed E-state index contributed by atoms with van der Waals surface area (Å²) in [5, 5.41) is 0. The summed E-state index contributed by atoms with van der Waals surface area (Å²) in [4.78, 5) is 10.2. The monoisotopic (exact) mass is 230 g/mol. The zero-order chi connectivity index (χ0) is 11.8. The van der Waals surface area contributed by atoms with E-state index in [-0.39, 0.29) is 0 Å². The Morgan fingerprint density at radius 1 is 1.41 bits per heavy atom. The van der Waals surface area contributed by atoms with Gasteiger partial charge >= 0.3 is 0 Å². The Bertz CT molecular complexity index is 531. The highest BCUT2D eigenvalue weighted by Gasteiger charge is 2.23. The van der Waals surface area contributed by atoms with Gasteiger partial charge < -0.3 is 10.7 Å². The third kappa shape index (κ3) is 1.78. The van der Waals surface area contributed by atoms with Crippen molar-refractivity contribution in [2.24, 2.45) is 0 Å². The molecule has 3 heterocycles. The van der Waals surface area contributed by atoms with E-state index in [2.05, 4.69) is 28.1 Å². The minimum atomic E-state index is 0.479. The summed E-state index contributed by atoms with van der Waals surface area (Å²) in [6.45, 7) is 1.17. The molecule has 4 nitrogen and oxygen atoms in total. The van der Waals surface area contributed by atoms with Crippen LogP contribution in [0.3, 0.4) is 0 Å². The summed E-state index contributed by atoms with van der Waals surface area (Å²) < 4.78 is 0. The number of rotatable bonds is 1.